The summed E-state index contributed by atoms with van der Waals surface area (Å²) in [4.78, 5) is 11.2. The van der Waals surface area contributed by atoms with Gasteiger partial charge in [-0.3, -0.25) is 4.79 Å². The molecular formula is C17H23NO2Si. The van der Waals surface area contributed by atoms with Crippen LogP contribution in [0.2, 0.25) is 0 Å². The van der Waals surface area contributed by atoms with Gasteiger partial charge in [-0.15, -0.1) is 13.2 Å². The summed E-state index contributed by atoms with van der Waals surface area (Å²) in [6.45, 7) is 13.1. The Morgan fingerprint density at radius 3 is 2.29 bits per heavy atom. The van der Waals surface area contributed by atoms with Crippen LogP contribution in [0.4, 0.5) is 5.69 Å². The Morgan fingerprint density at radius 1 is 1.24 bits per heavy atom. The summed E-state index contributed by atoms with van der Waals surface area (Å²) in [6, 6.07) is 7.75. The number of benzene rings is 1. The molecule has 4 heteroatoms. The van der Waals surface area contributed by atoms with Crippen molar-refractivity contribution in [1.29, 1.82) is 0 Å². The van der Waals surface area contributed by atoms with E-state index in [0.717, 1.165) is 18.5 Å². The molecule has 1 aromatic carbocycles. The molecule has 0 fully saturated rings. The number of hydrogen-bond donors (Lipinski definition) is 1. The monoisotopic (exact) mass is 301 g/mol. The van der Waals surface area contributed by atoms with E-state index < -0.39 is 9.76 Å². The van der Waals surface area contributed by atoms with Crippen LogP contribution in [0.15, 0.2) is 62.2 Å². The first-order valence-electron chi connectivity index (χ1n) is 6.91. The van der Waals surface area contributed by atoms with Gasteiger partial charge >= 0.3 is 0 Å². The van der Waals surface area contributed by atoms with E-state index in [0.29, 0.717) is 0 Å². The van der Waals surface area contributed by atoms with Crippen LogP contribution in [0, 0.1) is 0 Å². The molecule has 0 saturated heterocycles. The van der Waals surface area contributed by atoms with Gasteiger partial charge in [0.25, 0.3) is 0 Å². The number of carbonyl (C=O) groups excluding carboxylic acids is 1. The van der Waals surface area contributed by atoms with Crippen molar-refractivity contribution in [2.45, 2.75) is 25.4 Å². The predicted octanol–water partition coefficient (Wildman–Crippen LogP) is 2.45. The van der Waals surface area contributed by atoms with E-state index in [9.17, 15) is 4.79 Å². The first-order valence-corrected chi connectivity index (χ1v) is 8.19. The number of hydrogen-bond acceptors (Lipinski definition) is 2. The van der Waals surface area contributed by atoms with E-state index in [1.54, 1.807) is 0 Å². The van der Waals surface area contributed by atoms with Gasteiger partial charge < -0.3 is 9.74 Å². The first kappa shape index (κ1) is 17.1. The first-order chi connectivity index (χ1) is 10.0. The highest BCUT2D eigenvalue weighted by atomic mass is 28.2. The maximum absolute atomic E-state index is 11.2. The van der Waals surface area contributed by atoms with Crippen molar-refractivity contribution in [1.82, 2.24) is 0 Å². The van der Waals surface area contributed by atoms with Gasteiger partial charge in [0.05, 0.1) is 5.60 Å². The number of anilines is 1. The molecule has 0 spiro atoms. The molecule has 21 heavy (non-hydrogen) atoms. The molecule has 1 N–H and O–H groups in total. The lowest BCUT2D eigenvalue weighted by Gasteiger charge is -2.28. The topological polar surface area (TPSA) is 38.3 Å². The molecule has 112 valence electrons. The summed E-state index contributed by atoms with van der Waals surface area (Å²) in [6.07, 6.45) is 6.62. The van der Waals surface area contributed by atoms with Gasteiger partial charge in [0, 0.05) is 5.69 Å². The molecule has 0 saturated carbocycles. The van der Waals surface area contributed by atoms with Crippen LogP contribution in [-0.2, 0) is 9.22 Å². The Kier molecular flexibility index (Phi) is 6.85. The normalized spacial score (nSPS) is 11.3. The minimum atomic E-state index is -0.833. The van der Waals surface area contributed by atoms with Gasteiger partial charge in [-0.05, 0) is 43.2 Å². The lowest BCUT2D eigenvalue weighted by molar-refractivity contribution is -0.111. The summed E-state index contributed by atoms with van der Waals surface area (Å²) in [5, 5.41) is 3.91. The maximum atomic E-state index is 11.2. The quantitative estimate of drug-likeness (QED) is 0.432. The summed E-state index contributed by atoms with van der Waals surface area (Å²) in [5.41, 5.74) is 0.545. The van der Waals surface area contributed by atoms with Crippen LogP contribution >= 0.6 is 0 Å². The zero-order chi connectivity index (χ0) is 15.7. The lowest BCUT2D eigenvalue weighted by atomic mass is 9.99. The third kappa shape index (κ3) is 5.93. The summed E-state index contributed by atoms with van der Waals surface area (Å²) >= 11 is 0. The lowest BCUT2D eigenvalue weighted by Crippen LogP contribution is -2.33. The van der Waals surface area contributed by atoms with Gasteiger partial charge in [-0.1, -0.05) is 30.9 Å². The van der Waals surface area contributed by atoms with Gasteiger partial charge in [0.15, 0.2) is 9.76 Å². The minimum absolute atomic E-state index is 0.208. The fraction of sp³-hybridized carbons (Fsp3) is 0.235. The molecule has 0 atom stereocenters. The van der Waals surface area contributed by atoms with Gasteiger partial charge in [-0.25, -0.2) is 0 Å². The Balaban J connectivity index is 2.62. The molecule has 1 amide bonds. The molecule has 0 heterocycles. The zero-order valence-corrected chi connectivity index (χ0v) is 14.0. The fourth-order valence-corrected chi connectivity index (χ4v) is 3.13. The minimum Gasteiger partial charge on any atom is -0.413 e. The molecule has 1 rings (SSSR count). The Hall–Kier alpha value is -1.91. The highest BCUT2D eigenvalue weighted by Crippen LogP contribution is 2.20. The SMILES string of the molecule is C=CCC(C)(CC=C)O[SiH2]c1ccc(NC(=O)C=C)cc1. The maximum Gasteiger partial charge on any atom is 0.247 e. The van der Waals surface area contributed by atoms with Gasteiger partial charge in [0.1, 0.15) is 0 Å². The van der Waals surface area contributed by atoms with Crippen molar-refractivity contribution in [2.24, 2.45) is 0 Å². The van der Waals surface area contributed by atoms with Crippen LogP contribution in [0.25, 0.3) is 0 Å². The fourth-order valence-electron chi connectivity index (χ4n) is 1.95. The standard InChI is InChI=1S/C17H23NO2Si/c1-5-12-17(4,13-6-2)20-21-15-10-8-14(9-11-15)18-16(19)7-3/h5-11H,1-3,12-13,21H2,4H3,(H,18,19). The average molecular weight is 301 g/mol. The van der Waals surface area contributed by atoms with E-state index in [4.69, 9.17) is 4.43 Å². The van der Waals surface area contributed by atoms with E-state index in [1.807, 2.05) is 36.4 Å². The highest BCUT2D eigenvalue weighted by molar-refractivity contribution is 6.47. The third-order valence-electron chi connectivity index (χ3n) is 3.15. The van der Waals surface area contributed by atoms with Crippen molar-refractivity contribution in [2.75, 3.05) is 5.32 Å². The molecule has 1 aromatic rings. The third-order valence-corrected chi connectivity index (χ3v) is 4.79. The largest absolute Gasteiger partial charge is 0.413 e. The summed E-state index contributed by atoms with van der Waals surface area (Å²) < 4.78 is 6.13. The average Bonchev–Trinajstić information content (AvgIpc) is 2.47. The van der Waals surface area contributed by atoms with Crippen LogP contribution in [0.5, 0.6) is 0 Å². The van der Waals surface area contributed by atoms with E-state index in [1.165, 1.54) is 11.3 Å². The van der Waals surface area contributed by atoms with Crippen molar-refractivity contribution >= 4 is 26.5 Å². The van der Waals surface area contributed by atoms with Crippen molar-refractivity contribution in [3.05, 3.63) is 62.2 Å². The smallest absolute Gasteiger partial charge is 0.247 e. The van der Waals surface area contributed by atoms with Crippen molar-refractivity contribution < 1.29 is 9.22 Å². The molecule has 0 aromatic heterocycles. The summed E-state index contributed by atoms with van der Waals surface area (Å²) in [7, 11) is -0.833. The summed E-state index contributed by atoms with van der Waals surface area (Å²) in [5.74, 6) is -0.208. The second kappa shape index (κ2) is 8.39. The second-order valence-electron chi connectivity index (χ2n) is 5.11. The second-order valence-corrected chi connectivity index (χ2v) is 6.51. The number of rotatable bonds is 9. The molecule has 0 unspecified atom stereocenters. The zero-order valence-electron chi connectivity index (χ0n) is 12.6. The Labute approximate surface area is 129 Å². The number of nitrogens with one attached hydrogen (secondary N) is 1. The molecule has 0 radical (unpaired) electrons. The van der Waals surface area contributed by atoms with Crippen molar-refractivity contribution in [3.63, 3.8) is 0 Å². The Bertz CT molecular complexity index is 498. The molecule has 3 nitrogen and oxygen atoms in total. The van der Waals surface area contributed by atoms with Crippen LogP contribution in [0.3, 0.4) is 0 Å². The number of amides is 1. The van der Waals surface area contributed by atoms with Crippen LogP contribution < -0.4 is 10.5 Å². The molecule has 0 aliphatic carbocycles. The Morgan fingerprint density at radius 2 is 1.81 bits per heavy atom. The number of carbonyl (C=O) groups is 1. The molecular weight excluding hydrogens is 278 g/mol. The van der Waals surface area contributed by atoms with Gasteiger partial charge in [0.2, 0.25) is 5.91 Å². The van der Waals surface area contributed by atoms with E-state index in [-0.39, 0.29) is 11.5 Å². The molecule has 0 aliphatic rings. The van der Waals surface area contributed by atoms with Gasteiger partial charge in [-0.2, -0.15) is 0 Å². The molecule has 0 aliphatic heterocycles. The van der Waals surface area contributed by atoms with E-state index >= 15 is 0 Å². The van der Waals surface area contributed by atoms with Crippen molar-refractivity contribution in [3.8, 4) is 0 Å². The van der Waals surface area contributed by atoms with Crippen LogP contribution in [-0.4, -0.2) is 21.3 Å². The predicted molar refractivity (Wildman–Crippen MR) is 92.6 cm³/mol. The van der Waals surface area contributed by atoms with Crippen LogP contribution in [0.1, 0.15) is 19.8 Å². The molecule has 0 bridgehead atoms. The highest BCUT2D eigenvalue weighted by Gasteiger charge is 2.21. The van der Waals surface area contributed by atoms with E-state index in [2.05, 4.69) is 32.0 Å².